The molecule has 2 fully saturated rings. The first-order valence-corrected chi connectivity index (χ1v) is 10.1. The number of nitrogens with zero attached hydrogens (tertiary/aromatic N) is 1. The Morgan fingerprint density at radius 3 is 2.43 bits per heavy atom. The molecule has 1 amide bonds. The number of benzene rings is 1. The SMILES string of the molecule is CC1(C(=O)N(Cc2ccccc2)CC2CCC2)CCCS1(=O)=O. The summed E-state index contributed by atoms with van der Waals surface area (Å²) in [7, 11) is -3.34. The van der Waals surface area contributed by atoms with Crippen LogP contribution >= 0.6 is 0 Å². The zero-order valence-corrected chi connectivity index (χ0v) is 14.5. The van der Waals surface area contributed by atoms with E-state index in [1.165, 1.54) is 6.42 Å². The summed E-state index contributed by atoms with van der Waals surface area (Å²) in [5.41, 5.74) is 1.05. The topological polar surface area (TPSA) is 54.5 Å². The Balaban J connectivity index is 1.83. The van der Waals surface area contributed by atoms with Crippen molar-refractivity contribution in [2.75, 3.05) is 12.3 Å². The van der Waals surface area contributed by atoms with Crippen LogP contribution in [0, 0.1) is 5.92 Å². The lowest BCUT2D eigenvalue weighted by Gasteiger charge is -2.36. The summed E-state index contributed by atoms with van der Waals surface area (Å²) in [5, 5.41) is 0. The van der Waals surface area contributed by atoms with Gasteiger partial charge in [-0.3, -0.25) is 4.79 Å². The Hall–Kier alpha value is -1.36. The van der Waals surface area contributed by atoms with Crippen LogP contribution in [0.15, 0.2) is 30.3 Å². The Bertz CT molecular complexity index is 667. The second kappa shape index (κ2) is 6.27. The summed E-state index contributed by atoms with van der Waals surface area (Å²) in [6, 6.07) is 9.84. The van der Waals surface area contributed by atoms with Crippen molar-refractivity contribution < 1.29 is 13.2 Å². The van der Waals surface area contributed by atoms with Gasteiger partial charge < -0.3 is 4.90 Å². The van der Waals surface area contributed by atoms with Gasteiger partial charge in [-0.1, -0.05) is 36.8 Å². The van der Waals surface area contributed by atoms with Crippen molar-refractivity contribution in [3.63, 3.8) is 0 Å². The molecule has 1 saturated heterocycles. The third-order valence-corrected chi connectivity index (χ3v) is 7.99. The van der Waals surface area contributed by atoms with E-state index < -0.39 is 14.6 Å². The van der Waals surface area contributed by atoms with Gasteiger partial charge in [0, 0.05) is 13.1 Å². The zero-order valence-electron chi connectivity index (χ0n) is 13.7. The molecule has 1 aliphatic carbocycles. The fourth-order valence-corrected chi connectivity index (χ4v) is 5.39. The monoisotopic (exact) mass is 335 g/mol. The van der Waals surface area contributed by atoms with Gasteiger partial charge in [-0.2, -0.15) is 0 Å². The summed E-state index contributed by atoms with van der Waals surface area (Å²) in [4.78, 5) is 14.9. The smallest absolute Gasteiger partial charge is 0.244 e. The maximum absolute atomic E-state index is 13.1. The molecule has 0 radical (unpaired) electrons. The summed E-state index contributed by atoms with van der Waals surface area (Å²) >= 11 is 0. The molecule has 126 valence electrons. The molecule has 3 rings (SSSR count). The average molecular weight is 335 g/mol. The van der Waals surface area contributed by atoms with E-state index in [4.69, 9.17) is 0 Å². The number of amides is 1. The lowest BCUT2D eigenvalue weighted by Crippen LogP contribution is -2.51. The summed E-state index contributed by atoms with van der Waals surface area (Å²) in [5.74, 6) is 0.457. The molecule has 1 aliphatic heterocycles. The van der Waals surface area contributed by atoms with Gasteiger partial charge in [-0.05, 0) is 44.1 Å². The molecular formula is C18H25NO3S. The van der Waals surface area contributed by atoms with Crippen LogP contribution in [-0.4, -0.2) is 36.3 Å². The highest BCUT2D eigenvalue weighted by Crippen LogP contribution is 2.35. The molecule has 1 heterocycles. The first-order chi connectivity index (χ1) is 10.9. The maximum Gasteiger partial charge on any atom is 0.244 e. The minimum Gasteiger partial charge on any atom is -0.337 e. The molecule has 0 spiro atoms. The Morgan fingerprint density at radius 1 is 1.22 bits per heavy atom. The highest BCUT2D eigenvalue weighted by molar-refractivity contribution is 7.93. The molecule has 2 aliphatic rings. The van der Waals surface area contributed by atoms with Gasteiger partial charge in [0.1, 0.15) is 4.75 Å². The lowest BCUT2D eigenvalue weighted by molar-refractivity contribution is -0.135. The lowest BCUT2D eigenvalue weighted by atomic mass is 9.84. The van der Waals surface area contributed by atoms with E-state index in [1.807, 2.05) is 30.3 Å². The molecule has 1 saturated carbocycles. The van der Waals surface area contributed by atoms with Crippen molar-refractivity contribution in [2.45, 2.75) is 50.3 Å². The van der Waals surface area contributed by atoms with Crippen LogP contribution in [0.1, 0.15) is 44.6 Å². The van der Waals surface area contributed by atoms with E-state index in [-0.39, 0.29) is 11.7 Å². The van der Waals surface area contributed by atoms with Crippen molar-refractivity contribution in [1.82, 2.24) is 4.90 Å². The molecule has 0 aromatic heterocycles. The molecule has 4 nitrogen and oxygen atoms in total. The molecule has 0 bridgehead atoms. The number of carbonyl (C=O) groups excluding carboxylic acids is 1. The first kappa shape index (κ1) is 16.5. The van der Waals surface area contributed by atoms with Crippen LogP contribution in [0.25, 0.3) is 0 Å². The second-order valence-electron chi connectivity index (χ2n) is 7.12. The van der Waals surface area contributed by atoms with Crippen LogP contribution in [0.4, 0.5) is 0 Å². The van der Waals surface area contributed by atoms with E-state index in [1.54, 1.807) is 11.8 Å². The number of rotatable bonds is 5. The minimum atomic E-state index is -3.34. The van der Waals surface area contributed by atoms with E-state index in [2.05, 4.69) is 0 Å². The van der Waals surface area contributed by atoms with Crippen LogP contribution in [-0.2, 0) is 21.2 Å². The number of hydrogen-bond acceptors (Lipinski definition) is 3. The summed E-state index contributed by atoms with van der Waals surface area (Å²) in [6.07, 6.45) is 4.54. The van der Waals surface area contributed by atoms with E-state index in [9.17, 15) is 13.2 Å². The standard InChI is InChI=1S/C18H25NO3S/c1-18(11-6-12-23(18,21)22)17(20)19(14-16-9-5-10-16)13-15-7-3-2-4-8-15/h2-4,7-8,16H,5-6,9-14H2,1H3. The molecule has 1 unspecified atom stereocenters. The highest BCUT2D eigenvalue weighted by Gasteiger charge is 2.51. The van der Waals surface area contributed by atoms with Gasteiger partial charge in [0.2, 0.25) is 5.91 Å². The molecule has 5 heteroatoms. The molecule has 0 N–H and O–H groups in total. The number of sulfone groups is 1. The molecule has 1 aromatic carbocycles. The third-order valence-electron chi connectivity index (χ3n) is 5.41. The molecule has 23 heavy (non-hydrogen) atoms. The Labute approximate surface area is 138 Å². The fourth-order valence-electron chi connectivity index (χ4n) is 3.56. The third kappa shape index (κ3) is 3.16. The highest BCUT2D eigenvalue weighted by atomic mass is 32.2. The van der Waals surface area contributed by atoms with Crippen LogP contribution in [0.3, 0.4) is 0 Å². The van der Waals surface area contributed by atoms with E-state index in [0.29, 0.717) is 31.8 Å². The number of hydrogen-bond donors (Lipinski definition) is 0. The van der Waals surface area contributed by atoms with E-state index >= 15 is 0 Å². The van der Waals surface area contributed by atoms with Gasteiger partial charge in [0.15, 0.2) is 9.84 Å². The van der Waals surface area contributed by atoms with Crippen LogP contribution < -0.4 is 0 Å². The quantitative estimate of drug-likeness (QED) is 0.831. The van der Waals surface area contributed by atoms with Crippen molar-refractivity contribution in [2.24, 2.45) is 5.92 Å². The van der Waals surface area contributed by atoms with Crippen molar-refractivity contribution in [3.05, 3.63) is 35.9 Å². The van der Waals surface area contributed by atoms with Gasteiger partial charge in [0.25, 0.3) is 0 Å². The second-order valence-corrected chi connectivity index (χ2v) is 9.66. The maximum atomic E-state index is 13.1. The number of carbonyl (C=O) groups is 1. The van der Waals surface area contributed by atoms with Crippen LogP contribution in [0.5, 0.6) is 0 Å². The normalized spacial score (nSPS) is 26.7. The Morgan fingerprint density at radius 2 is 1.91 bits per heavy atom. The van der Waals surface area contributed by atoms with Crippen molar-refractivity contribution in [3.8, 4) is 0 Å². The fraction of sp³-hybridized carbons (Fsp3) is 0.611. The summed E-state index contributed by atoms with van der Waals surface area (Å²) < 4.78 is 23.6. The predicted octanol–water partition coefficient (Wildman–Crippen LogP) is 2.78. The van der Waals surface area contributed by atoms with E-state index in [0.717, 1.165) is 18.4 Å². The van der Waals surface area contributed by atoms with Crippen LogP contribution in [0.2, 0.25) is 0 Å². The van der Waals surface area contributed by atoms with Crippen molar-refractivity contribution in [1.29, 1.82) is 0 Å². The largest absolute Gasteiger partial charge is 0.337 e. The van der Waals surface area contributed by atoms with Gasteiger partial charge in [-0.25, -0.2) is 8.42 Å². The molecule has 1 atom stereocenters. The van der Waals surface area contributed by atoms with Crippen molar-refractivity contribution >= 4 is 15.7 Å². The first-order valence-electron chi connectivity index (χ1n) is 8.48. The molecule has 1 aromatic rings. The predicted molar refractivity (Wildman–Crippen MR) is 90.6 cm³/mol. The van der Waals surface area contributed by atoms with Gasteiger partial charge in [0.05, 0.1) is 5.75 Å². The molecular weight excluding hydrogens is 310 g/mol. The van der Waals surface area contributed by atoms with Gasteiger partial charge >= 0.3 is 0 Å². The minimum absolute atomic E-state index is 0.137. The van der Waals surface area contributed by atoms with Gasteiger partial charge in [-0.15, -0.1) is 0 Å². The zero-order chi connectivity index (χ0) is 16.5. The summed E-state index contributed by atoms with van der Waals surface area (Å²) in [6.45, 7) is 2.80. The Kier molecular flexibility index (Phi) is 4.50. The average Bonchev–Trinajstić information content (AvgIpc) is 2.76.